The highest BCUT2D eigenvalue weighted by molar-refractivity contribution is 9.10. The first-order chi connectivity index (χ1) is 9.41. The standard InChI is InChI=1S/C12H13BrN4O3/c1-6-10(17(18)19)5-15-12(11(6)13)14-4-9-7(2)16-20-8(9)3/h5H,4H2,1-3H3,(H,14,15). The van der Waals surface area contributed by atoms with Gasteiger partial charge in [0.2, 0.25) is 0 Å². The Kier molecular flexibility index (Phi) is 4.03. The van der Waals surface area contributed by atoms with Gasteiger partial charge < -0.3 is 9.84 Å². The molecule has 8 heteroatoms. The lowest BCUT2D eigenvalue weighted by molar-refractivity contribution is -0.385. The summed E-state index contributed by atoms with van der Waals surface area (Å²) in [6.45, 7) is 5.85. The molecule has 2 aromatic heterocycles. The molecule has 2 heterocycles. The van der Waals surface area contributed by atoms with Crippen LogP contribution in [0.3, 0.4) is 0 Å². The van der Waals surface area contributed by atoms with Gasteiger partial charge in [-0.25, -0.2) is 4.98 Å². The Morgan fingerprint density at radius 3 is 2.70 bits per heavy atom. The summed E-state index contributed by atoms with van der Waals surface area (Å²) in [5, 5.41) is 17.8. The van der Waals surface area contributed by atoms with Gasteiger partial charge in [-0.2, -0.15) is 0 Å². The van der Waals surface area contributed by atoms with Crippen molar-refractivity contribution in [2.45, 2.75) is 27.3 Å². The molecule has 0 amide bonds. The fourth-order valence-electron chi connectivity index (χ4n) is 1.80. The van der Waals surface area contributed by atoms with Crippen LogP contribution in [0.5, 0.6) is 0 Å². The molecule has 7 nitrogen and oxygen atoms in total. The van der Waals surface area contributed by atoms with E-state index in [9.17, 15) is 10.1 Å². The number of halogens is 1. The second kappa shape index (κ2) is 5.58. The minimum atomic E-state index is -0.453. The monoisotopic (exact) mass is 340 g/mol. The molecule has 0 spiro atoms. The lowest BCUT2D eigenvalue weighted by atomic mass is 10.2. The van der Waals surface area contributed by atoms with Gasteiger partial charge in [0.05, 0.1) is 15.1 Å². The second-order valence-electron chi connectivity index (χ2n) is 4.34. The van der Waals surface area contributed by atoms with E-state index < -0.39 is 4.92 Å². The minimum Gasteiger partial charge on any atom is -0.365 e. The van der Waals surface area contributed by atoms with Crippen LogP contribution in [0.15, 0.2) is 15.2 Å². The summed E-state index contributed by atoms with van der Waals surface area (Å²) in [5.41, 5.74) is 2.28. The first-order valence-corrected chi connectivity index (χ1v) is 6.66. The number of nitrogens with zero attached hydrogens (tertiary/aromatic N) is 3. The molecule has 0 aliphatic carbocycles. The zero-order valence-corrected chi connectivity index (χ0v) is 12.8. The third-order valence-electron chi connectivity index (χ3n) is 3.05. The number of hydrogen-bond acceptors (Lipinski definition) is 6. The third kappa shape index (κ3) is 2.64. The van der Waals surface area contributed by atoms with Gasteiger partial charge in [-0.1, -0.05) is 5.16 Å². The van der Waals surface area contributed by atoms with Crippen LogP contribution in [-0.2, 0) is 6.54 Å². The lowest BCUT2D eigenvalue weighted by Gasteiger charge is -2.09. The van der Waals surface area contributed by atoms with Crippen LogP contribution in [0, 0.1) is 30.9 Å². The van der Waals surface area contributed by atoms with Crippen LogP contribution in [0.25, 0.3) is 0 Å². The van der Waals surface area contributed by atoms with Crippen molar-refractivity contribution in [3.05, 3.63) is 43.4 Å². The summed E-state index contributed by atoms with van der Waals surface area (Å²) >= 11 is 3.33. The predicted molar refractivity (Wildman–Crippen MR) is 76.6 cm³/mol. The molecule has 0 saturated carbocycles. The van der Waals surface area contributed by atoms with E-state index in [4.69, 9.17) is 4.52 Å². The van der Waals surface area contributed by atoms with E-state index in [-0.39, 0.29) is 5.69 Å². The van der Waals surface area contributed by atoms with Crippen LogP contribution >= 0.6 is 15.9 Å². The summed E-state index contributed by atoms with van der Waals surface area (Å²) in [6, 6.07) is 0. The quantitative estimate of drug-likeness (QED) is 0.677. The van der Waals surface area contributed by atoms with Gasteiger partial charge in [-0.15, -0.1) is 0 Å². The van der Waals surface area contributed by atoms with E-state index in [1.165, 1.54) is 6.20 Å². The first kappa shape index (κ1) is 14.4. The number of pyridine rings is 1. The van der Waals surface area contributed by atoms with E-state index >= 15 is 0 Å². The molecule has 0 aromatic carbocycles. The Morgan fingerprint density at radius 1 is 1.45 bits per heavy atom. The van der Waals surface area contributed by atoms with Gasteiger partial charge in [0.15, 0.2) is 0 Å². The topological polar surface area (TPSA) is 94.1 Å². The fourth-order valence-corrected chi connectivity index (χ4v) is 2.25. The average molecular weight is 341 g/mol. The molecule has 0 saturated heterocycles. The molecule has 0 aliphatic rings. The number of hydrogen-bond donors (Lipinski definition) is 1. The normalized spacial score (nSPS) is 10.6. The SMILES string of the molecule is Cc1noc(C)c1CNc1ncc([N+](=O)[O-])c(C)c1Br. The molecule has 0 radical (unpaired) electrons. The van der Waals surface area contributed by atoms with Gasteiger partial charge in [-0.05, 0) is 36.7 Å². The molecule has 2 aromatic rings. The summed E-state index contributed by atoms with van der Waals surface area (Å²) in [6.07, 6.45) is 1.25. The number of rotatable bonds is 4. The van der Waals surface area contributed by atoms with E-state index in [1.807, 2.05) is 13.8 Å². The molecule has 0 atom stereocenters. The maximum Gasteiger partial charge on any atom is 0.291 e. The second-order valence-corrected chi connectivity index (χ2v) is 5.14. The Labute approximate surface area is 123 Å². The van der Waals surface area contributed by atoms with Gasteiger partial charge in [0, 0.05) is 17.7 Å². The Hall–Kier alpha value is -1.96. The number of nitrogens with one attached hydrogen (secondary N) is 1. The molecule has 0 aliphatic heterocycles. The predicted octanol–water partition coefficient (Wildman–Crippen LogP) is 3.28. The highest BCUT2D eigenvalue weighted by Crippen LogP contribution is 2.30. The lowest BCUT2D eigenvalue weighted by Crippen LogP contribution is -2.05. The maximum atomic E-state index is 10.8. The molecule has 0 fully saturated rings. The van der Waals surface area contributed by atoms with Crippen molar-refractivity contribution >= 4 is 27.4 Å². The van der Waals surface area contributed by atoms with Crippen molar-refractivity contribution in [3.8, 4) is 0 Å². The van der Waals surface area contributed by atoms with Crippen molar-refractivity contribution < 1.29 is 9.45 Å². The zero-order valence-electron chi connectivity index (χ0n) is 11.2. The Morgan fingerprint density at radius 2 is 2.15 bits per heavy atom. The molecule has 0 bridgehead atoms. The summed E-state index contributed by atoms with van der Waals surface area (Å²) < 4.78 is 5.66. The smallest absolute Gasteiger partial charge is 0.291 e. The van der Waals surface area contributed by atoms with Crippen molar-refractivity contribution in [1.29, 1.82) is 0 Å². The van der Waals surface area contributed by atoms with Crippen LogP contribution in [-0.4, -0.2) is 15.1 Å². The maximum absolute atomic E-state index is 10.8. The third-order valence-corrected chi connectivity index (χ3v) is 4.02. The number of aryl methyl sites for hydroxylation is 2. The summed E-state index contributed by atoms with van der Waals surface area (Å²) in [7, 11) is 0. The first-order valence-electron chi connectivity index (χ1n) is 5.87. The highest BCUT2D eigenvalue weighted by atomic mass is 79.9. The molecule has 1 N–H and O–H groups in total. The van der Waals surface area contributed by atoms with Crippen molar-refractivity contribution in [2.75, 3.05) is 5.32 Å². The summed E-state index contributed by atoms with van der Waals surface area (Å²) in [4.78, 5) is 14.4. The molecular formula is C12H13BrN4O3. The number of aromatic nitrogens is 2. The fraction of sp³-hybridized carbons (Fsp3) is 0.333. The Bertz CT molecular complexity index is 649. The Balaban J connectivity index is 2.23. The van der Waals surface area contributed by atoms with Crippen LogP contribution in [0.1, 0.15) is 22.6 Å². The average Bonchev–Trinajstić information content (AvgIpc) is 2.71. The molecule has 2 rings (SSSR count). The largest absolute Gasteiger partial charge is 0.365 e. The van der Waals surface area contributed by atoms with E-state index in [0.29, 0.717) is 22.4 Å². The van der Waals surface area contributed by atoms with Crippen molar-refractivity contribution in [3.63, 3.8) is 0 Å². The van der Waals surface area contributed by atoms with Crippen LogP contribution in [0.4, 0.5) is 11.5 Å². The van der Waals surface area contributed by atoms with Gasteiger partial charge in [-0.3, -0.25) is 10.1 Å². The van der Waals surface area contributed by atoms with Gasteiger partial charge in [0.1, 0.15) is 17.8 Å². The molecule has 20 heavy (non-hydrogen) atoms. The van der Waals surface area contributed by atoms with Gasteiger partial charge >= 0.3 is 0 Å². The van der Waals surface area contributed by atoms with E-state index in [1.54, 1.807) is 6.92 Å². The van der Waals surface area contributed by atoms with E-state index in [0.717, 1.165) is 17.0 Å². The zero-order chi connectivity index (χ0) is 14.9. The summed E-state index contributed by atoms with van der Waals surface area (Å²) in [5.74, 6) is 1.29. The van der Waals surface area contributed by atoms with E-state index in [2.05, 4.69) is 31.4 Å². The highest BCUT2D eigenvalue weighted by Gasteiger charge is 2.17. The van der Waals surface area contributed by atoms with Crippen molar-refractivity contribution in [2.24, 2.45) is 0 Å². The number of anilines is 1. The number of nitro groups is 1. The van der Waals surface area contributed by atoms with Crippen LogP contribution < -0.4 is 5.32 Å². The minimum absolute atomic E-state index is 0.0141. The molecular weight excluding hydrogens is 328 g/mol. The van der Waals surface area contributed by atoms with Crippen molar-refractivity contribution in [1.82, 2.24) is 10.1 Å². The van der Waals surface area contributed by atoms with Crippen LogP contribution in [0.2, 0.25) is 0 Å². The molecule has 0 unspecified atom stereocenters. The van der Waals surface area contributed by atoms with Gasteiger partial charge in [0.25, 0.3) is 5.69 Å². The molecule has 106 valence electrons.